The summed E-state index contributed by atoms with van der Waals surface area (Å²) in [4.78, 5) is 13.9. The highest BCUT2D eigenvalue weighted by Crippen LogP contribution is 2.15. The van der Waals surface area contributed by atoms with Crippen molar-refractivity contribution in [1.82, 2.24) is 4.98 Å². The molecule has 0 aromatic carbocycles. The van der Waals surface area contributed by atoms with E-state index in [0.717, 1.165) is 5.56 Å². The quantitative estimate of drug-likeness (QED) is 0.649. The number of aryl methyl sites for hydroxylation is 1. The Kier molecular flexibility index (Phi) is 2.38. The fraction of sp³-hybridized carbons (Fsp3) is 0.375. The summed E-state index contributed by atoms with van der Waals surface area (Å²) in [6.07, 6.45) is 1.68. The van der Waals surface area contributed by atoms with Gasteiger partial charge in [-0.1, -0.05) is 0 Å². The molecule has 0 atom stereocenters. The molecule has 66 valence electrons. The topological polar surface area (TPSA) is 68.1 Å². The van der Waals surface area contributed by atoms with Gasteiger partial charge < -0.3 is 15.5 Å². The summed E-state index contributed by atoms with van der Waals surface area (Å²) < 4.78 is 4.77. The van der Waals surface area contributed by atoms with Crippen LogP contribution in [-0.2, 0) is 4.74 Å². The lowest BCUT2D eigenvalue weighted by molar-refractivity contribution is 0.0521. The molecule has 1 aromatic heterocycles. The van der Waals surface area contributed by atoms with Crippen LogP contribution in [0.4, 0.5) is 5.69 Å². The molecule has 0 saturated carbocycles. The maximum Gasteiger partial charge on any atom is 0.356 e. The van der Waals surface area contributed by atoms with Crippen LogP contribution in [0.1, 0.15) is 23.0 Å². The lowest BCUT2D eigenvalue weighted by Gasteiger charge is -1.99. The third-order valence-corrected chi connectivity index (χ3v) is 1.61. The second kappa shape index (κ2) is 3.30. The molecule has 0 spiro atoms. The first-order chi connectivity index (χ1) is 5.66. The normalized spacial score (nSPS) is 9.83. The van der Waals surface area contributed by atoms with Crippen molar-refractivity contribution >= 4 is 11.7 Å². The molecule has 3 N–H and O–H groups in total. The molecule has 12 heavy (non-hydrogen) atoms. The van der Waals surface area contributed by atoms with Crippen LogP contribution in [0.5, 0.6) is 0 Å². The molecule has 0 bridgehead atoms. The number of carbonyl (C=O) groups excluding carboxylic acids is 1. The van der Waals surface area contributed by atoms with Gasteiger partial charge in [-0.2, -0.15) is 0 Å². The largest absolute Gasteiger partial charge is 0.461 e. The molecule has 0 amide bonds. The molecule has 0 aliphatic heterocycles. The second-order valence-corrected chi connectivity index (χ2v) is 2.48. The van der Waals surface area contributed by atoms with Crippen LogP contribution in [0.2, 0.25) is 0 Å². The number of ether oxygens (including phenoxy) is 1. The van der Waals surface area contributed by atoms with E-state index in [4.69, 9.17) is 10.5 Å². The standard InChI is InChI=1S/C8H12N2O2/c1-3-12-8(11)7-6(9)5(2)4-10-7/h4,10H,3,9H2,1-2H3. The summed E-state index contributed by atoms with van der Waals surface area (Å²) in [5.74, 6) is -0.400. The highest BCUT2D eigenvalue weighted by atomic mass is 16.5. The summed E-state index contributed by atoms with van der Waals surface area (Å²) in [5, 5.41) is 0. The van der Waals surface area contributed by atoms with Gasteiger partial charge in [0.25, 0.3) is 0 Å². The number of H-pyrrole nitrogens is 1. The molecule has 0 saturated heterocycles. The third kappa shape index (κ3) is 1.42. The predicted octanol–water partition coefficient (Wildman–Crippen LogP) is 1.08. The Hall–Kier alpha value is -1.45. The monoisotopic (exact) mass is 168 g/mol. The second-order valence-electron chi connectivity index (χ2n) is 2.48. The van der Waals surface area contributed by atoms with E-state index in [-0.39, 0.29) is 0 Å². The molecule has 4 heteroatoms. The van der Waals surface area contributed by atoms with Crippen molar-refractivity contribution in [3.05, 3.63) is 17.5 Å². The van der Waals surface area contributed by atoms with E-state index in [1.807, 2.05) is 6.92 Å². The Morgan fingerprint density at radius 3 is 2.83 bits per heavy atom. The van der Waals surface area contributed by atoms with Crippen molar-refractivity contribution in [1.29, 1.82) is 0 Å². The summed E-state index contributed by atoms with van der Waals surface area (Å²) in [6, 6.07) is 0. The summed E-state index contributed by atoms with van der Waals surface area (Å²) in [7, 11) is 0. The Labute approximate surface area is 70.7 Å². The molecule has 0 fully saturated rings. The van der Waals surface area contributed by atoms with Crippen LogP contribution < -0.4 is 5.73 Å². The summed E-state index contributed by atoms with van der Waals surface area (Å²) in [5.41, 5.74) is 7.27. The molecule has 1 heterocycles. The highest BCUT2D eigenvalue weighted by Gasteiger charge is 2.13. The zero-order chi connectivity index (χ0) is 9.14. The minimum atomic E-state index is -0.400. The van der Waals surface area contributed by atoms with Gasteiger partial charge in [0.05, 0.1) is 12.3 Å². The number of aromatic nitrogens is 1. The number of hydrogen-bond acceptors (Lipinski definition) is 3. The molecule has 0 aliphatic carbocycles. The minimum Gasteiger partial charge on any atom is -0.461 e. The molecular weight excluding hydrogens is 156 g/mol. The first-order valence-electron chi connectivity index (χ1n) is 3.77. The van der Waals surface area contributed by atoms with Gasteiger partial charge in [-0.05, 0) is 19.4 Å². The number of aromatic amines is 1. The number of nitrogens with one attached hydrogen (secondary N) is 1. The van der Waals surface area contributed by atoms with Crippen LogP contribution in [0, 0.1) is 6.92 Å². The van der Waals surface area contributed by atoms with Crippen LogP contribution in [0.15, 0.2) is 6.20 Å². The van der Waals surface area contributed by atoms with Crippen molar-refractivity contribution < 1.29 is 9.53 Å². The van der Waals surface area contributed by atoms with E-state index in [1.54, 1.807) is 13.1 Å². The first kappa shape index (κ1) is 8.64. The van der Waals surface area contributed by atoms with Crippen molar-refractivity contribution in [3.63, 3.8) is 0 Å². The average molecular weight is 168 g/mol. The highest BCUT2D eigenvalue weighted by molar-refractivity contribution is 5.93. The van der Waals surface area contributed by atoms with E-state index in [0.29, 0.717) is 18.0 Å². The lowest BCUT2D eigenvalue weighted by Crippen LogP contribution is -2.07. The van der Waals surface area contributed by atoms with E-state index in [9.17, 15) is 4.79 Å². The summed E-state index contributed by atoms with van der Waals surface area (Å²) >= 11 is 0. The number of rotatable bonds is 2. The van der Waals surface area contributed by atoms with Gasteiger partial charge in [-0.25, -0.2) is 4.79 Å². The van der Waals surface area contributed by atoms with Gasteiger partial charge in [-0.3, -0.25) is 0 Å². The van der Waals surface area contributed by atoms with E-state index >= 15 is 0 Å². The molecule has 1 aromatic rings. The molecule has 0 unspecified atom stereocenters. The van der Waals surface area contributed by atoms with Crippen molar-refractivity contribution in [2.45, 2.75) is 13.8 Å². The van der Waals surface area contributed by atoms with Crippen molar-refractivity contribution in [3.8, 4) is 0 Å². The first-order valence-corrected chi connectivity index (χ1v) is 3.77. The van der Waals surface area contributed by atoms with E-state index in [2.05, 4.69) is 4.98 Å². The van der Waals surface area contributed by atoms with Gasteiger partial charge in [0.1, 0.15) is 5.69 Å². The number of esters is 1. The van der Waals surface area contributed by atoms with Gasteiger partial charge in [-0.15, -0.1) is 0 Å². The van der Waals surface area contributed by atoms with Crippen molar-refractivity contribution in [2.24, 2.45) is 0 Å². The molecule has 1 rings (SSSR count). The number of nitrogens with two attached hydrogens (primary N) is 1. The lowest BCUT2D eigenvalue weighted by atomic mass is 10.3. The number of nitrogen functional groups attached to an aromatic ring is 1. The molecule has 0 radical (unpaired) electrons. The van der Waals surface area contributed by atoms with Crippen molar-refractivity contribution in [2.75, 3.05) is 12.3 Å². The number of hydrogen-bond donors (Lipinski definition) is 2. The fourth-order valence-corrected chi connectivity index (χ4v) is 0.905. The Balaban J connectivity index is 2.88. The minimum absolute atomic E-state index is 0.342. The molecular formula is C8H12N2O2. The van der Waals surface area contributed by atoms with Crippen LogP contribution in [0.3, 0.4) is 0 Å². The van der Waals surface area contributed by atoms with Gasteiger partial charge >= 0.3 is 5.97 Å². The SMILES string of the molecule is CCOC(=O)c1[nH]cc(C)c1N. The fourth-order valence-electron chi connectivity index (χ4n) is 0.905. The average Bonchev–Trinajstić information content (AvgIpc) is 2.34. The Morgan fingerprint density at radius 2 is 2.42 bits per heavy atom. The van der Waals surface area contributed by atoms with E-state index < -0.39 is 5.97 Å². The smallest absolute Gasteiger partial charge is 0.356 e. The van der Waals surface area contributed by atoms with Crippen LogP contribution >= 0.6 is 0 Å². The number of anilines is 1. The van der Waals surface area contributed by atoms with Crippen LogP contribution in [-0.4, -0.2) is 17.6 Å². The maximum atomic E-state index is 11.1. The third-order valence-electron chi connectivity index (χ3n) is 1.61. The van der Waals surface area contributed by atoms with Gasteiger partial charge in [0.2, 0.25) is 0 Å². The predicted molar refractivity (Wildman–Crippen MR) is 45.9 cm³/mol. The summed E-state index contributed by atoms with van der Waals surface area (Å²) in [6.45, 7) is 3.94. The molecule has 0 aliphatic rings. The zero-order valence-corrected chi connectivity index (χ0v) is 7.18. The van der Waals surface area contributed by atoms with Gasteiger partial charge in [0, 0.05) is 6.20 Å². The Bertz CT molecular complexity index is 291. The number of carbonyl (C=O) groups is 1. The molecule has 4 nitrogen and oxygen atoms in total. The maximum absolute atomic E-state index is 11.1. The van der Waals surface area contributed by atoms with E-state index in [1.165, 1.54) is 0 Å². The zero-order valence-electron chi connectivity index (χ0n) is 7.18. The van der Waals surface area contributed by atoms with Gasteiger partial charge in [0.15, 0.2) is 0 Å². The van der Waals surface area contributed by atoms with Crippen LogP contribution in [0.25, 0.3) is 0 Å². The Morgan fingerprint density at radius 1 is 1.75 bits per heavy atom.